The SMILES string of the molecule is O=C(CCCO)Nc1cc2[nH]c(=O)[nH]c2cc1Br. The van der Waals surface area contributed by atoms with Crippen molar-refractivity contribution in [2.75, 3.05) is 11.9 Å². The molecule has 0 atom stereocenters. The highest BCUT2D eigenvalue weighted by atomic mass is 79.9. The van der Waals surface area contributed by atoms with Gasteiger partial charge in [0.2, 0.25) is 5.91 Å². The zero-order valence-corrected chi connectivity index (χ0v) is 11.0. The minimum atomic E-state index is -0.291. The first-order valence-electron chi connectivity index (χ1n) is 5.42. The number of aliphatic hydroxyl groups excluding tert-OH is 1. The molecule has 0 spiro atoms. The highest BCUT2D eigenvalue weighted by Gasteiger charge is 2.08. The summed E-state index contributed by atoms with van der Waals surface area (Å²) in [6.07, 6.45) is 0.678. The quantitative estimate of drug-likeness (QED) is 0.685. The number of hydrogen-bond acceptors (Lipinski definition) is 3. The normalized spacial score (nSPS) is 10.8. The highest BCUT2D eigenvalue weighted by molar-refractivity contribution is 9.10. The van der Waals surface area contributed by atoms with Gasteiger partial charge in [0, 0.05) is 17.5 Å². The number of aliphatic hydroxyl groups is 1. The lowest BCUT2D eigenvalue weighted by Crippen LogP contribution is -2.12. The monoisotopic (exact) mass is 313 g/mol. The van der Waals surface area contributed by atoms with Crippen LogP contribution in [0, 0.1) is 0 Å². The van der Waals surface area contributed by atoms with Gasteiger partial charge in [-0.1, -0.05) is 0 Å². The number of fused-ring (bicyclic) bond motifs is 1. The molecule has 2 rings (SSSR count). The van der Waals surface area contributed by atoms with E-state index in [1.54, 1.807) is 12.1 Å². The first-order valence-corrected chi connectivity index (χ1v) is 6.21. The number of carbonyl (C=O) groups is 1. The standard InChI is InChI=1S/C11H12BrN3O3/c12-6-4-8-9(15-11(18)14-8)5-7(6)13-10(17)2-1-3-16/h4-5,16H,1-3H2,(H,13,17)(H2,14,15,18). The maximum absolute atomic E-state index is 11.5. The molecule has 0 aliphatic rings. The van der Waals surface area contributed by atoms with E-state index in [1.807, 2.05) is 0 Å². The second kappa shape index (κ2) is 5.36. The summed E-state index contributed by atoms with van der Waals surface area (Å²) in [5.41, 5.74) is 1.59. The number of amides is 1. The van der Waals surface area contributed by atoms with Crippen LogP contribution in [0.2, 0.25) is 0 Å². The Kier molecular flexibility index (Phi) is 3.83. The number of carbonyl (C=O) groups excluding carboxylic acids is 1. The molecule has 4 N–H and O–H groups in total. The lowest BCUT2D eigenvalue weighted by Gasteiger charge is -2.07. The van der Waals surface area contributed by atoms with Crippen molar-refractivity contribution < 1.29 is 9.90 Å². The average molecular weight is 314 g/mol. The maximum atomic E-state index is 11.5. The Morgan fingerprint density at radius 3 is 2.67 bits per heavy atom. The van der Waals surface area contributed by atoms with Crippen molar-refractivity contribution in [1.82, 2.24) is 9.97 Å². The second-order valence-electron chi connectivity index (χ2n) is 3.83. The summed E-state index contributed by atoms with van der Waals surface area (Å²) in [5, 5.41) is 11.4. The van der Waals surface area contributed by atoms with Gasteiger partial charge in [0.15, 0.2) is 0 Å². The Morgan fingerprint density at radius 1 is 1.33 bits per heavy atom. The number of benzene rings is 1. The van der Waals surface area contributed by atoms with Crippen LogP contribution in [0.1, 0.15) is 12.8 Å². The molecular formula is C11H12BrN3O3. The van der Waals surface area contributed by atoms with E-state index in [0.29, 0.717) is 27.6 Å². The number of H-pyrrole nitrogens is 2. The van der Waals surface area contributed by atoms with E-state index in [9.17, 15) is 9.59 Å². The van der Waals surface area contributed by atoms with Crippen molar-refractivity contribution in [2.45, 2.75) is 12.8 Å². The van der Waals surface area contributed by atoms with Crippen LogP contribution in [0.4, 0.5) is 5.69 Å². The van der Waals surface area contributed by atoms with E-state index < -0.39 is 0 Å². The number of anilines is 1. The van der Waals surface area contributed by atoms with E-state index in [1.165, 1.54) is 0 Å². The maximum Gasteiger partial charge on any atom is 0.323 e. The van der Waals surface area contributed by atoms with Gasteiger partial charge in [-0.05, 0) is 34.5 Å². The first-order chi connectivity index (χ1) is 8.60. The van der Waals surface area contributed by atoms with Gasteiger partial charge in [-0.25, -0.2) is 4.79 Å². The predicted molar refractivity (Wildman–Crippen MR) is 71.6 cm³/mol. The van der Waals surface area contributed by atoms with Crippen LogP contribution < -0.4 is 11.0 Å². The average Bonchev–Trinajstić information content (AvgIpc) is 2.66. The summed E-state index contributed by atoms with van der Waals surface area (Å²) < 4.78 is 0.683. The summed E-state index contributed by atoms with van der Waals surface area (Å²) in [7, 11) is 0. The van der Waals surface area contributed by atoms with Crippen molar-refractivity contribution in [1.29, 1.82) is 0 Å². The summed E-state index contributed by atoms with van der Waals surface area (Å²) in [6.45, 7) is -0.0151. The van der Waals surface area contributed by atoms with Gasteiger partial charge in [-0.3, -0.25) is 4.79 Å². The minimum Gasteiger partial charge on any atom is -0.396 e. The molecule has 18 heavy (non-hydrogen) atoms. The summed E-state index contributed by atoms with van der Waals surface area (Å²) in [5.74, 6) is -0.179. The third-order valence-electron chi connectivity index (χ3n) is 2.44. The van der Waals surface area contributed by atoms with Crippen molar-refractivity contribution in [2.24, 2.45) is 0 Å². The molecule has 0 aliphatic heterocycles. The number of hydrogen-bond donors (Lipinski definition) is 4. The molecule has 0 fully saturated rings. The molecule has 0 saturated carbocycles. The molecular weight excluding hydrogens is 302 g/mol. The summed E-state index contributed by atoms with van der Waals surface area (Å²) >= 11 is 3.32. The van der Waals surface area contributed by atoms with Crippen LogP contribution in [-0.4, -0.2) is 27.6 Å². The van der Waals surface area contributed by atoms with Crippen LogP contribution in [0.25, 0.3) is 11.0 Å². The lowest BCUT2D eigenvalue weighted by atomic mass is 10.2. The molecule has 0 aliphatic carbocycles. The van der Waals surface area contributed by atoms with Gasteiger partial charge in [-0.15, -0.1) is 0 Å². The van der Waals surface area contributed by atoms with E-state index in [0.717, 1.165) is 0 Å². The second-order valence-corrected chi connectivity index (χ2v) is 4.69. The molecule has 1 amide bonds. The number of aromatic nitrogens is 2. The first kappa shape index (κ1) is 12.8. The molecule has 7 heteroatoms. The van der Waals surface area contributed by atoms with Gasteiger partial charge in [0.1, 0.15) is 0 Å². The fourth-order valence-corrected chi connectivity index (χ4v) is 2.05. The van der Waals surface area contributed by atoms with E-state index >= 15 is 0 Å². The van der Waals surface area contributed by atoms with Crippen molar-refractivity contribution in [3.8, 4) is 0 Å². The Morgan fingerprint density at radius 2 is 2.00 bits per heavy atom. The van der Waals surface area contributed by atoms with Crippen LogP contribution in [0.3, 0.4) is 0 Å². The Balaban J connectivity index is 2.24. The van der Waals surface area contributed by atoms with E-state index in [4.69, 9.17) is 5.11 Å². The molecule has 0 radical (unpaired) electrons. The predicted octanol–water partition coefficient (Wildman–Crippen LogP) is 1.33. The highest BCUT2D eigenvalue weighted by Crippen LogP contribution is 2.26. The molecule has 1 aromatic carbocycles. The molecule has 1 aromatic heterocycles. The fraction of sp³-hybridized carbons (Fsp3) is 0.273. The summed E-state index contributed by atoms with van der Waals surface area (Å²) in [6, 6.07) is 3.39. The number of nitrogens with one attached hydrogen (secondary N) is 3. The third kappa shape index (κ3) is 2.80. The smallest absolute Gasteiger partial charge is 0.323 e. The number of imidazole rings is 1. The van der Waals surface area contributed by atoms with Gasteiger partial charge in [0.05, 0.1) is 16.7 Å². The number of aromatic amines is 2. The van der Waals surface area contributed by atoms with Gasteiger partial charge in [0.25, 0.3) is 0 Å². The molecule has 0 bridgehead atoms. The minimum absolute atomic E-state index is 0.0151. The van der Waals surface area contributed by atoms with Crippen LogP contribution in [0.5, 0.6) is 0 Å². The van der Waals surface area contributed by atoms with Crippen LogP contribution in [0.15, 0.2) is 21.4 Å². The zero-order valence-electron chi connectivity index (χ0n) is 9.42. The van der Waals surface area contributed by atoms with Crippen LogP contribution in [-0.2, 0) is 4.79 Å². The molecule has 0 unspecified atom stereocenters. The Labute approximate surface area is 111 Å². The van der Waals surface area contributed by atoms with Gasteiger partial charge < -0.3 is 20.4 Å². The van der Waals surface area contributed by atoms with E-state index in [-0.39, 0.29) is 24.6 Å². The third-order valence-corrected chi connectivity index (χ3v) is 3.10. The molecule has 1 heterocycles. The number of rotatable bonds is 4. The van der Waals surface area contributed by atoms with Gasteiger partial charge in [-0.2, -0.15) is 0 Å². The van der Waals surface area contributed by atoms with Crippen LogP contribution >= 0.6 is 15.9 Å². The Bertz CT molecular complexity index is 632. The van der Waals surface area contributed by atoms with Crippen molar-refractivity contribution >= 4 is 38.6 Å². The number of halogens is 1. The molecule has 6 nitrogen and oxygen atoms in total. The summed E-state index contributed by atoms with van der Waals surface area (Å²) in [4.78, 5) is 27.9. The van der Waals surface area contributed by atoms with Crippen molar-refractivity contribution in [3.63, 3.8) is 0 Å². The van der Waals surface area contributed by atoms with Crippen molar-refractivity contribution in [3.05, 3.63) is 27.1 Å². The Hall–Kier alpha value is -1.60. The molecule has 0 saturated heterocycles. The zero-order chi connectivity index (χ0) is 13.1. The lowest BCUT2D eigenvalue weighted by molar-refractivity contribution is -0.116. The largest absolute Gasteiger partial charge is 0.396 e. The van der Waals surface area contributed by atoms with E-state index in [2.05, 4.69) is 31.2 Å². The molecule has 2 aromatic rings. The fourth-order valence-electron chi connectivity index (χ4n) is 1.60. The van der Waals surface area contributed by atoms with Gasteiger partial charge >= 0.3 is 5.69 Å². The molecule has 96 valence electrons. The topological polar surface area (TPSA) is 98.0 Å².